The lowest BCUT2D eigenvalue weighted by molar-refractivity contribution is -0.385. The molecule has 5 N–H and O–H groups in total. The van der Waals surface area contributed by atoms with Crippen molar-refractivity contribution < 1.29 is 14.8 Å². The molecule has 3 aromatic rings. The molecule has 2 aromatic heterocycles. The molecule has 132 valence electrons. The number of carbonyl (C=O) groups is 1. The van der Waals surface area contributed by atoms with Gasteiger partial charge in [-0.3, -0.25) is 19.9 Å². The van der Waals surface area contributed by atoms with Crippen LogP contribution in [-0.4, -0.2) is 35.9 Å². The number of carboxylic acid groups (broad SMARTS) is 1. The summed E-state index contributed by atoms with van der Waals surface area (Å²) in [5.74, 6) is -1.47. The predicted molar refractivity (Wildman–Crippen MR) is 89.7 cm³/mol. The van der Waals surface area contributed by atoms with Crippen molar-refractivity contribution in [1.82, 2.24) is 19.9 Å². The Kier molecular flexibility index (Phi) is 4.14. The van der Waals surface area contributed by atoms with Crippen molar-refractivity contribution in [2.24, 2.45) is 0 Å². The van der Waals surface area contributed by atoms with Gasteiger partial charge in [0.1, 0.15) is 5.56 Å². The van der Waals surface area contributed by atoms with E-state index in [0.717, 1.165) is 12.1 Å². The van der Waals surface area contributed by atoms with Crippen LogP contribution >= 0.6 is 0 Å². The number of nitro groups is 1. The molecule has 0 unspecified atom stereocenters. The zero-order valence-corrected chi connectivity index (χ0v) is 13.0. The lowest BCUT2D eigenvalue weighted by atomic mass is 10.1. The third kappa shape index (κ3) is 3.24. The average molecular weight is 357 g/mol. The number of benzene rings is 1. The van der Waals surface area contributed by atoms with Crippen molar-refractivity contribution >= 4 is 34.5 Å². The number of anilines is 2. The van der Waals surface area contributed by atoms with Gasteiger partial charge in [-0.1, -0.05) is 0 Å². The fourth-order valence-electron chi connectivity index (χ4n) is 2.22. The topological polar surface area (TPSA) is 190 Å². The summed E-state index contributed by atoms with van der Waals surface area (Å²) in [5, 5.41) is 22.8. The number of aromatic carboxylic acids is 1. The maximum absolute atomic E-state index is 11.8. The van der Waals surface area contributed by atoms with Crippen LogP contribution in [0, 0.1) is 10.1 Å². The van der Waals surface area contributed by atoms with E-state index in [0.29, 0.717) is 11.4 Å². The number of hydrogen-bond donors (Lipinski definition) is 4. The summed E-state index contributed by atoms with van der Waals surface area (Å²) >= 11 is 0. The maximum Gasteiger partial charge on any atom is 0.342 e. The maximum atomic E-state index is 11.8. The number of nitrogens with two attached hydrogens (primary N) is 1. The van der Waals surface area contributed by atoms with Crippen LogP contribution in [-0.2, 0) is 6.54 Å². The highest BCUT2D eigenvalue weighted by Crippen LogP contribution is 2.23. The Bertz CT molecular complexity index is 1090. The monoisotopic (exact) mass is 357 g/mol. The zero-order chi connectivity index (χ0) is 18.8. The minimum Gasteiger partial charge on any atom is -0.477 e. The summed E-state index contributed by atoms with van der Waals surface area (Å²) < 4.78 is 0. The second-order valence-corrected chi connectivity index (χ2v) is 5.13. The van der Waals surface area contributed by atoms with Gasteiger partial charge in [0.05, 0.1) is 23.4 Å². The third-order valence-electron chi connectivity index (χ3n) is 3.38. The molecule has 0 atom stereocenters. The largest absolute Gasteiger partial charge is 0.477 e. The molecular weight excluding hydrogens is 346 g/mol. The van der Waals surface area contributed by atoms with E-state index < -0.39 is 27.7 Å². The predicted octanol–water partition coefficient (Wildman–Crippen LogP) is 0.514. The van der Waals surface area contributed by atoms with Gasteiger partial charge in [0.25, 0.3) is 11.2 Å². The first-order valence-corrected chi connectivity index (χ1v) is 7.12. The van der Waals surface area contributed by atoms with Gasteiger partial charge in [0.15, 0.2) is 11.2 Å². The van der Waals surface area contributed by atoms with Crippen LogP contribution < -0.4 is 16.6 Å². The average Bonchev–Trinajstić information content (AvgIpc) is 2.59. The van der Waals surface area contributed by atoms with Crippen LogP contribution in [0.25, 0.3) is 11.2 Å². The number of aromatic nitrogens is 4. The summed E-state index contributed by atoms with van der Waals surface area (Å²) in [4.78, 5) is 47.3. The van der Waals surface area contributed by atoms with E-state index in [1.165, 1.54) is 12.3 Å². The fraction of sp³-hybridized carbons (Fsp3) is 0.0714. The molecule has 0 fully saturated rings. The number of hydrogen-bond acceptors (Lipinski definition) is 9. The molecule has 0 amide bonds. The molecule has 0 bridgehead atoms. The van der Waals surface area contributed by atoms with E-state index in [4.69, 9.17) is 10.8 Å². The van der Waals surface area contributed by atoms with Crippen molar-refractivity contribution in [3.63, 3.8) is 0 Å². The molecule has 0 saturated heterocycles. The van der Waals surface area contributed by atoms with Gasteiger partial charge >= 0.3 is 5.97 Å². The Balaban J connectivity index is 1.86. The first-order valence-electron chi connectivity index (χ1n) is 7.12. The van der Waals surface area contributed by atoms with Crippen LogP contribution in [0.3, 0.4) is 0 Å². The van der Waals surface area contributed by atoms with E-state index in [9.17, 15) is 19.7 Å². The standard InChI is InChI=1S/C14H11N7O5/c15-14-19-11-10(12(22)20-14)18-7(5-17-11)4-16-6-1-2-8(13(23)24)9(3-6)21(25)26/h1-3,5,16H,4H2,(H,23,24)(H3,15,17,19,20,22). The minimum absolute atomic E-state index is 0.00528. The van der Waals surface area contributed by atoms with E-state index in [1.807, 2.05) is 0 Å². The zero-order valence-electron chi connectivity index (χ0n) is 13.0. The lowest BCUT2D eigenvalue weighted by Crippen LogP contribution is -2.15. The molecule has 0 aliphatic rings. The van der Waals surface area contributed by atoms with Crippen LogP contribution in [0.2, 0.25) is 0 Å². The quantitative estimate of drug-likeness (QED) is 0.369. The number of rotatable bonds is 5. The van der Waals surface area contributed by atoms with E-state index in [2.05, 4.69) is 25.3 Å². The van der Waals surface area contributed by atoms with E-state index in [-0.39, 0.29) is 23.7 Å². The smallest absolute Gasteiger partial charge is 0.342 e. The second kappa shape index (κ2) is 6.43. The molecule has 26 heavy (non-hydrogen) atoms. The van der Waals surface area contributed by atoms with Gasteiger partial charge in [-0.2, -0.15) is 4.98 Å². The first kappa shape index (κ1) is 16.8. The molecule has 0 radical (unpaired) electrons. The van der Waals surface area contributed by atoms with Gasteiger partial charge in [-0.05, 0) is 12.1 Å². The normalized spacial score (nSPS) is 10.6. The Morgan fingerprint density at radius 2 is 2.15 bits per heavy atom. The summed E-state index contributed by atoms with van der Waals surface area (Å²) in [6.45, 7) is 0.0936. The van der Waals surface area contributed by atoms with Gasteiger partial charge < -0.3 is 16.2 Å². The van der Waals surface area contributed by atoms with Gasteiger partial charge in [-0.25, -0.2) is 14.8 Å². The Hall–Kier alpha value is -4.09. The number of aromatic amines is 1. The summed E-state index contributed by atoms with van der Waals surface area (Å²) in [7, 11) is 0. The second-order valence-electron chi connectivity index (χ2n) is 5.13. The highest BCUT2D eigenvalue weighted by atomic mass is 16.6. The Labute approximate surface area is 143 Å². The van der Waals surface area contributed by atoms with E-state index in [1.54, 1.807) is 0 Å². The Morgan fingerprint density at radius 3 is 2.85 bits per heavy atom. The van der Waals surface area contributed by atoms with Crippen LogP contribution in [0.5, 0.6) is 0 Å². The number of nitrogens with one attached hydrogen (secondary N) is 2. The molecule has 1 aromatic carbocycles. The Morgan fingerprint density at radius 1 is 1.38 bits per heavy atom. The molecule has 12 heteroatoms. The van der Waals surface area contributed by atoms with Crippen LogP contribution in [0.4, 0.5) is 17.3 Å². The number of nitrogen functional groups attached to an aromatic ring is 1. The number of fused-ring (bicyclic) bond motifs is 1. The van der Waals surface area contributed by atoms with Crippen molar-refractivity contribution in [3.05, 3.63) is 56.1 Å². The molecule has 12 nitrogen and oxygen atoms in total. The van der Waals surface area contributed by atoms with Gasteiger partial charge in [0.2, 0.25) is 5.95 Å². The number of H-pyrrole nitrogens is 1. The van der Waals surface area contributed by atoms with Crippen molar-refractivity contribution in [2.45, 2.75) is 6.54 Å². The molecular formula is C14H11N7O5. The fourth-order valence-corrected chi connectivity index (χ4v) is 2.22. The van der Waals surface area contributed by atoms with Crippen LogP contribution in [0.1, 0.15) is 16.1 Å². The molecule has 0 aliphatic carbocycles. The SMILES string of the molecule is Nc1nc2ncc(CNc3ccc(C(=O)O)c([N+](=O)[O-])c3)nc2c(=O)[nH]1. The summed E-state index contributed by atoms with van der Waals surface area (Å²) in [6.07, 6.45) is 1.38. The minimum atomic E-state index is -1.39. The summed E-state index contributed by atoms with van der Waals surface area (Å²) in [6, 6.07) is 3.62. The molecule has 0 spiro atoms. The number of nitrogens with zero attached hydrogens (tertiary/aromatic N) is 4. The molecule has 0 saturated carbocycles. The number of nitro benzene ring substituents is 1. The highest BCUT2D eigenvalue weighted by Gasteiger charge is 2.20. The molecule has 3 rings (SSSR count). The van der Waals surface area contributed by atoms with Crippen LogP contribution in [0.15, 0.2) is 29.2 Å². The van der Waals surface area contributed by atoms with Crippen molar-refractivity contribution in [1.29, 1.82) is 0 Å². The van der Waals surface area contributed by atoms with E-state index >= 15 is 0 Å². The first-order chi connectivity index (χ1) is 12.3. The van der Waals surface area contributed by atoms with Crippen molar-refractivity contribution in [3.8, 4) is 0 Å². The summed E-state index contributed by atoms with van der Waals surface area (Å²) in [5.41, 5.74) is 4.72. The number of carboxylic acids is 1. The van der Waals surface area contributed by atoms with Gasteiger partial charge in [0, 0.05) is 11.8 Å². The lowest BCUT2D eigenvalue weighted by Gasteiger charge is -2.07. The molecule has 2 heterocycles. The third-order valence-corrected chi connectivity index (χ3v) is 3.38. The van der Waals surface area contributed by atoms with Crippen molar-refractivity contribution in [2.75, 3.05) is 11.1 Å². The molecule has 0 aliphatic heterocycles. The highest BCUT2D eigenvalue weighted by molar-refractivity contribution is 5.93. The van der Waals surface area contributed by atoms with Gasteiger partial charge in [-0.15, -0.1) is 0 Å².